The van der Waals surface area contributed by atoms with Gasteiger partial charge in [-0.15, -0.1) is 0 Å². The molecule has 5 rings (SSSR count). The molecule has 0 fully saturated rings. The Hall–Kier alpha value is -4.06. The molecule has 1 aromatic heterocycles. The molecule has 32 heavy (non-hydrogen) atoms. The molecule has 0 unspecified atom stereocenters. The molecule has 0 amide bonds. The quantitative estimate of drug-likeness (QED) is 0.393. The number of carbonyl (C=O) groups is 1. The third kappa shape index (κ3) is 3.83. The number of nitrogens with zero attached hydrogens (tertiary/aromatic N) is 4. The molecule has 0 spiro atoms. The van der Waals surface area contributed by atoms with E-state index in [4.69, 9.17) is 4.98 Å². The van der Waals surface area contributed by atoms with Crippen LogP contribution in [-0.2, 0) is 6.54 Å². The summed E-state index contributed by atoms with van der Waals surface area (Å²) in [5, 5.41) is 0. The Labute approximate surface area is 186 Å². The highest BCUT2D eigenvalue weighted by Crippen LogP contribution is 2.28. The lowest BCUT2D eigenvalue weighted by Crippen LogP contribution is -2.11. The number of carbonyl (C=O) groups excluding carboxylic acids is 1. The van der Waals surface area contributed by atoms with Gasteiger partial charge in [-0.2, -0.15) is 0 Å². The lowest BCUT2D eigenvalue weighted by molar-refractivity contribution is 0.0967. The van der Waals surface area contributed by atoms with Gasteiger partial charge in [0.1, 0.15) is 17.2 Å². The summed E-state index contributed by atoms with van der Waals surface area (Å²) in [6.45, 7) is 6.29. The Bertz CT molecular complexity index is 1390. The van der Waals surface area contributed by atoms with E-state index < -0.39 is 0 Å². The van der Waals surface area contributed by atoms with Gasteiger partial charge in [0.15, 0.2) is 11.6 Å². The van der Waals surface area contributed by atoms with Gasteiger partial charge in [-0.25, -0.2) is 15.0 Å². The third-order valence-electron chi connectivity index (χ3n) is 5.74. The third-order valence-corrected chi connectivity index (χ3v) is 5.74. The molecule has 3 heterocycles. The lowest BCUT2D eigenvalue weighted by atomic mass is 9.99. The zero-order chi connectivity index (χ0) is 22.2. The highest BCUT2D eigenvalue weighted by atomic mass is 16.1. The van der Waals surface area contributed by atoms with Crippen LogP contribution in [0, 0.1) is 20.8 Å². The first-order valence-electron chi connectivity index (χ1n) is 10.5. The fraction of sp³-hybridized carbons (Fsp3) is 0.154. The maximum Gasteiger partial charge on any atom is 0.200 e. The van der Waals surface area contributed by atoms with Gasteiger partial charge in [-0.1, -0.05) is 42.5 Å². The molecule has 158 valence electrons. The van der Waals surface area contributed by atoms with Gasteiger partial charge in [-0.05, 0) is 49.1 Å². The van der Waals surface area contributed by atoms with Gasteiger partial charge in [0.2, 0.25) is 0 Å². The molecule has 2 aliphatic heterocycles. The number of Topliss-reactive ketones (excluding diaryl/α,β-unsaturated/α-hetero) is 1. The van der Waals surface area contributed by atoms with Crippen molar-refractivity contribution in [3.8, 4) is 33.9 Å². The Kier molecular flexibility index (Phi) is 4.90. The SMILES string of the molecule is Cc1ncc(C(=O)Cn2ccc3nc(-c4ccc(-c5ccc(C)c(C)c5)cc4)nc-3c2)[nH]1. The van der Waals surface area contributed by atoms with Crippen molar-refractivity contribution < 1.29 is 4.79 Å². The molecular weight excluding hydrogens is 398 g/mol. The van der Waals surface area contributed by atoms with Gasteiger partial charge in [0, 0.05) is 18.0 Å². The number of fused-ring (bicyclic) bond motifs is 1. The number of nitrogens with one attached hydrogen (secondary N) is 1. The second kappa shape index (κ2) is 7.89. The fourth-order valence-corrected chi connectivity index (χ4v) is 3.73. The van der Waals surface area contributed by atoms with Crippen LogP contribution in [-0.4, -0.2) is 30.3 Å². The minimum absolute atomic E-state index is 0.0309. The monoisotopic (exact) mass is 421 g/mol. The zero-order valence-corrected chi connectivity index (χ0v) is 18.3. The number of aromatic amines is 1. The summed E-state index contributed by atoms with van der Waals surface area (Å²) in [6.07, 6.45) is 5.28. The van der Waals surface area contributed by atoms with Crippen molar-refractivity contribution in [2.45, 2.75) is 27.3 Å². The molecule has 0 atom stereocenters. The van der Waals surface area contributed by atoms with E-state index in [1.54, 1.807) is 6.20 Å². The first-order chi connectivity index (χ1) is 15.5. The van der Waals surface area contributed by atoms with Gasteiger partial charge in [0.05, 0.1) is 18.4 Å². The summed E-state index contributed by atoms with van der Waals surface area (Å²) >= 11 is 0. The van der Waals surface area contributed by atoms with E-state index in [2.05, 4.69) is 71.3 Å². The molecular formula is C26H23N5O. The Morgan fingerprint density at radius 1 is 0.875 bits per heavy atom. The number of imidazole rings is 2. The first-order valence-corrected chi connectivity index (χ1v) is 10.5. The Morgan fingerprint density at radius 3 is 2.31 bits per heavy atom. The number of benzene rings is 2. The van der Waals surface area contributed by atoms with Crippen LogP contribution in [0.1, 0.15) is 27.4 Å². The number of H-pyrrole nitrogens is 1. The standard InChI is InChI=1S/C26H23N5O/c1-16-4-5-21(12-17(16)2)19-6-8-20(9-7-19)26-29-22-10-11-31(14-24(22)30-26)15-25(32)23-13-27-18(3)28-23/h4-14H,15H2,1-3H3,(H,27,28). The molecule has 1 N–H and O–H groups in total. The number of aryl methyl sites for hydroxylation is 3. The van der Waals surface area contributed by atoms with Crippen LogP contribution in [0.4, 0.5) is 0 Å². The van der Waals surface area contributed by atoms with Crippen molar-refractivity contribution in [1.29, 1.82) is 0 Å². The first kappa shape index (κ1) is 19.9. The summed E-state index contributed by atoms with van der Waals surface area (Å²) in [7, 11) is 0. The second-order valence-electron chi connectivity index (χ2n) is 8.12. The topological polar surface area (TPSA) is 76.5 Å². The molecule has 6 heteroatoms. The van der Waals surface area contributed by atoms with Gasteiger partial charge in [0.25, 0.3) is 0 Å². The maximum atomic E-state index is 12.5. The summed E-state index contributed by atoms with van der Waals surface area (Å²) in [4.78, 5) is 28.9. The van der Waals surface area contributed by atoms with E-state index >= 15 is 0 Å². The highest BCUT2D eigenvalue weighted by Gasteiger charge is 2.15. The van der Waals surface area contributed by atoms with Crippen LogP contribution in [0.25, 0.3) is 33.9 Å². The largest absolute Gasteiger partial charge is 0.344 e. The van der Waals surface area contributed by atoms with Crippen molar-refractivity contribution in [3.63, 3.8) is 0 Å². The fourth-order valence-electron chi connectivity index (χ4n) is 3.73. The molecule has 0 aliphatic carbocycles. The van der Waals surface area contributed by atoms with Gasteiger partial charge in [-0.3, -0.25) is 4.79 Å². The Morgan fingerprint density at radius 2 is 1.59 bits per heavy atom. The van der Waals surface area contributed by atoms with E-state index in [9.17, 15) is 4.79 Å². The predicted octanol–water partition coefficient (Wildman–Crippen LogP) is 5.25. The van der Waals surface area contributed by atoms with Crippen molar-refractivity contribution >= 4 is 5.78 Å². The van der Waals surface area contributed by atoms with Crippen molar-refractivity contribution in [1.82, 2.24) is 24.5 Å². The van der Waals surface area contributed by atoms with Crippen LogP contribution in [0.3, 0.4) is 0 Å². The molecule has 0 bridgehead atoms. The highest BCUT2D eigenvalue weighted by molar-refractivity contribution is 5.94. The van der Waals surface area contributed by atoms with Crippen molar-refractivity contribution in [2.24, 2.45) is 0 Å². The molecule has 0 radical (unpaired) electrons. The number of hydrogen-bond acceptors (Lipinski definition) is 4. The van der Waals surface area contributed by atoms with E-state index in [1.165, 1.54) is 22.3 Å². The molecule has 0 saturated carbocycles. The van der Waals surface area contributed by atoms with E-state index in [0.717, 1.165) is 22.8 Å². The average Bonchev–Trinajstić information content (AvgIpc) is 3.42. The number of hydrogen-bond donors (Lipinski definition) is 1. The molecule has 0 saturated heterocycles. The molecule has 2 aliphatic rings. The number of rotatable bonds is 5. The van der Waals surface area contributed by atoms with Crippen LogP contribution >= 0.6 is 0 Å². The summed E-state index contributed by atoms with van der Waals surface area (Å²) in [5.41, 5.74) is 7.98. The van der Waals surface area contributed by atoms with E-state index in [0.29, 0.717) is 11.5 Å². The summed E-state index contributed by atoms with van der Waals surface area (Å²) < 4.78 is 1.82. The van der Waals surface area contributed by atoms with Crippen LogP contribution in [0.2, 0.25) is 0 Å². The normalized spacial score (nSPS) is 11.2. The molecule has 3 aromatic rings. The van der Waals surface area contributed by atoms with Crippen LogP contribution in [0.15, 0.2) is 67.1 Å². The van der Waals surface area contributed by atoms with E-state index in [1.807, 2.05) is 30.0 Å². The predicted molar refractivity (Wildman–Crippen MR) is 125 cm³/mol. The lowest BCUT2D eigenvalue weighted by Gasteiger charge is -2.06. The van der Waals surface area contributed by atoms with Gasteiger partial charge < -0.3 is 9.55 Å². The minimum Gasteiger partial charge on any atom is -0.344 e. The summed E-state index contributed by atoms with van der Waals surface area (Å²) in [5.74, 6) is 1.38. The zero-order valence-electron chi connectivity index (χ0n) is 18.3. The van der Waals surface area contributed by atoms with Crippen LogP contribution in [0.5, 0.6) is 0 Å². The molecule has 2 aromatic carbocycles. The summed E-state index contributed by atoms with van der Waals surface area (Å²) in [6, 6.07) is 16.7. The second-order valence-corrected chi connectivity index (χ2v) is 8.12. The van der Waals surface area contributed by atoms with E-state index in [-0.39, 0.29) is 12.3 Å². The van der Waals surface area contributed by atoms with Crippen molar-refractivity contribution in [3.05, 3.63) is 89.8 Å². The van der Waals surface area contributed by atoms with Crippen molar-refractivity contribution in [2.75, 3.05) is 0 Å². The average molecular weight is 422 g/mol. The van der Waals surface area contributed by atoms with Crippen LogP contribution < -0.4 is 0 Å². The Balaban J connectivity index is 1.38. The number of pyridine rings is 1. The van der Waals surface area contributed by atoms with Gasteiger partial charge >= 0.3 is 0 Å². The smallest absolute Gasteiger partial charge is 0.200 e. The maximum absolute atomic E-state index is 12.5. The number of aromatic nitrogens is 5. The molecule has 6 nitrogen and oxygen atoms in total. The minimum atomic E-state index is -0.0309. The number of ketones is 1.